The molecule has 5 nitrogen and oxygen atoms in total. The number of hydrogen-bond acceptors (Lipinski definition) is 4. The lowest BCUT2D eigenvalue weighted by atomic mass is 10.2. The van der Waals surface area contributed by atoms with Crippen molar-refractivity contribution in [3.05, 3.63) is 60.2 Å². The number of carbonyl (C=O) groups is 1. The highest BCUT2D eigenvalue weighted by Crippen LogP contribution is 2.11. The fourth-order valence-corrected chi connectivity index (χ4v) is 1.89. The standard InChI is InChI=1S/C15H17N3O2/c1-12(15(19)20)18(10-13-6-2-4-8-16-13)11-14-7-3-5-9-17-14/h2-9,12H,10-11H2,1H3,(H,19,20)/t12-/m0/s1. The van der Waals surface area contributed by atoms with E-state index in [9.17, 15) is 9.90 Å². The molecule has 2 rings (SSSR count). The van der Waals surface area contributed by atoms with Crippen LogP contribution in [-0.2, 0) is 17.9 Å². The Hall–Kier alpha value is -2.27. The predicted molar refractivity (Wildman–Crippen MR) is 74.8 cm³/mol. The molecule has 0 saturated carbocycles. The second-order valence-electron chi connectivity index (χ2n) is 4.56. The smallest absolute Gasteiger partial charge is 0.320 e. The molecule has 0 aliphatic rings. The van der Waals surface area contributed by atoms with Crippen molar-refractivity contribution in [2.24, 2.45) is 0 Å². The number of aromatic nitrogens is 2. The Bertz CT molecular complexity index is 504. The summed E-state index contributed by atoms with van der Waals surface area (Å²) >= 11 is 0. The lowest BCUT2D eigenvalue weighted by molar-refractivity contribution is -0.143. The molecule has 0 saturated heterocycles. The summed E-state index contributed by atoms with van der Waals surface area (Å²) < 4.78 is 0. The third-order valence-electron chi connectivity index (χ3n) is 3.09. The van der Waals surface area contributed by atoms with Crippen LogP contribution >= 0.6 is 0 Å². The summed E-state index contributed by atoms with van der Waals surface area (Å²) in [5.41, 5.74) is 1.69. The van der Waals surface area contributed by atoms with E-state index in [1.807, 2.05) is 41.3 Å². The lowest BCUT2D eigenvalue weighted by Crippen LogP contribution is -2.38. The van der Waals surface area contributed by atoms with Crippen molar-refractivity contribution in [3.63, 3.8) is 0 Å². The van der Waals surface area contributed by atoms with E-state index in [4.69, 9.17) is 0 Å². The van der Waals surface area contributed by atoms with Gasteiger partial charge in [-0.3, -0.25) is 19.7 Å². The molecular formula is C15H17N3O2. The number of pyridine rings is 2. The molecular weight excluding hydrogens is 254 g/mol. The van der Waals surface area contributed by atoms with E-state index < -0.39 is 12.0 Å². The van der Waals surface area contributed by atoms with Crippen molar-refractivity contribution in [2.75, 3.05) is 0 Å². The van der Waals surface area contributed by atoms with Crippen LogP contribution in [0.15, 0.2) is 48.8 Å². The maximum Gasteiger partial charge on any atom is 0.320 e. The average molecular weight is 271 g/mol. The molecule has 1 atom stereocenters. The molecule has 0 bridgehead atoms. The summed E-state index contributed by atoms with van der Waals surface area (Å²) in [6.07, 6.45) is 3.42. The molecule has 5 heteroatoms. The number of carboxylic acid groups (broad SMARTS) is 1. The van der Waals surface area contributed by atoms with Gasteiger partial charge in [-0.1, -0.05) is 12.1 Å². The highest BCUT2D eigenvalue weighted by molar-refractivity contribution is 5.72. The molecule has 2 heterocycles. The molecule has 20 heavy (non-hydrogen) atoms. The van der Waals surface area contributed by atoms with Crippen LogP contribution in [0.25, 0.3) is 0 Å². The van der Waals surface area contributed by atoms with Crippen molar-refractivity contribution in [1.29, 1.82) is 0 Å². The van der Waals surface area contributed by atoms with Gasteiger partial charge in [0.15, 0.2) is 0 Å². The summed E-state index contributed by atoms with van der Waals surface area (Å²) in [5.74, 6) is -0.850. The number of rotatable bonds is 6. The normalized spacial score (nSPS) is 12.3. The third-order valence-corrected chi connectivity index (χ3v) is 3.09. The van der Waals surface area contributed by atoms with Crippen molar-refractivity contribution >= 4 is 5.97 Å². The monoisotopic (exact) mass is 271 g/mol. The Balaban J connectivity index is 2.14. The topological polar surface area (TPSA) is 66.3 Å². The zero-order valence-corrected chi connectivity index (χ0v) is 11.3. The van der Waals surface area contributed by atoms with Crippen LogP contribution in [0.4, 0.5) is 0 Å². The minimum absolute atomic E-state index is 0.477. The van der Waals surface area contributed by atoms with Gasteiger partial charge >= 0.3 is 5.97 Å². The average Bonchev–Trinajstić information content (AvgIpc) is 2.48. The zero-order valence-electron chi connectivity index (χ0n) is 11.3. The van der Waals surface area contributed by atoms with Crippen LogP contribution in [-0.4, -0.2) is 32.0 Å². The van der Waals surface area contributed by atoms with Crippen LogP contribution in [0.1, 0.15) is 18.3 Å². The number of hydrogen-bond donors (Lipinski definition) is 1. The SMILES string of the molecule is C[C@@H](C(=O)O)N(Cc1ccccn1)Cc1ccccn1. The molecule has 2 aromatic rings. The van der Waals surface area contributed by atoms with Crippen LogP contribution in [0, 0.1) is 0 Å². The van der Waals surface area contributed by atoms with Gasteiger partial charge in [-0.25, -0.2) is 0 Å². The van der Waals surface area contributed by atoms with Crippen molar-refractivity contribution in [3.8, 4) is 0 Å². The first-order valence-corrected chi connectivity index (χ1v) is 6.43. The van der Waals surface area contributed by atoms with E-state index >= 15 is 0 Å². The number of nitrogens with zero attached hydrogens (tertiary/aromatic N) is 3. The van der Waals surface area contributed by atoms with Crippen LogP contribution in [0.3, 0.4) is 0 Å². The fourth-order valence-electron chi connectivity index (χ4n) is 1.89. The number of aliphatic carboxylic acids is 1. The maximum atomic E-state index is 11.2. The van der Waals surface area contributed by atoms with Gasteiger partial charge in [0.05, 0.1) is 11.4 Å². The molecule has 0 aromatic carbocycles. The molecule has 0 spiro atoms. The minimum atomic E-state index is -0.850. The Morgan fingerprint density at radius 2 is 1.60 bits per heavy atom. The second kappa shape index (κ2) is 6.77. The quantitative estimate of drug-likeness (QED) is 0.870. The van der Waals surface area contributed by atoms with E-state index in [-0.39, 0.29) is 0 Å². The molecule has 0 unspecified atom stereocenters. The van der Waals surface area contributed by atoms with Gasteiger partial charge in [-0.15, -0.1) is 0 Å². The Kier molecular flexibility index (Phi) is 4.79. The first-order valence-electron chi connectivity index (χ1n) is 6.43. The molecule has 1 N–H and O–H groups in total. The Morgan fingerprint density at radius 3 is 1.95 bits per heavy atom. The minimum Gasteiger partial charge on any atom is -0.480 e. The first-order chi connectivity index (χ1) is 9.66. The lowest BCUT2D eigenvalue weighted by Gasteiger charge is -2.25. The third kappa shape index (κ3) is 3.86. The van der Waals surface area contributed by atoms with Gasteiger partial charge < -0.3 is 5.11 Å². The predicted octanol–water partition coefficient (Wildman–Crippen LogP) is 1.95. The highest BCUT2D eigenvalue weighted by atomic mass is 16.4. The molecule has 104 valence electrons. The van der Waals surface area contributed by atoms with Gasteiger partial charge in [-0.05, 0) is 31.2 Å². The summed E-state index contributed by atoms with van der Waals surface area (Å²) in [5, 5.41) is 9.23. The summed E-state index contributed by atoms with van der Waals surface area (Å²) in [6, 6.07) is 10.7. The molecule has 0 aliphatic carbocycles. The van der Waals surface area contributed by atoms with E-state index in [1.165, 1.54) is 0 Å². The summed E-state index contributed by atoms with van der Waals surface area (Å²) in [7, 11) is 0. The highest BCUT2D eigenvalue weighted by Gasteiger charge is 2.21. The molecule has 2 aromatic heterocycles. The maximum absolute atomic E-state index is 11.2. The van der Waals surface area contributed by atoms with Gasteiger partial charge in [0.25, 0.3) is 0 Å². The first kappa shape index (κ1) is 14.1. The van der Waals surface area contributed by atoms with Gasteiger partial charge in [-0.2, -0.15) is 0 Å². The van der Waals surface area contributed by atoms with Crippen molar-refractivity contribution in [1.82, 2.24) is 14.9 Å². The van der Waals surface area contributed by atoms with E-state index in [0.717, 1.165) is 11.4 Å². The molecule has 0 fully saturated rings. The van der Waals surface area contributed by atoms with Crippen LogP contribution < -0.4 is 0 Å². The van der Waals surface area contributed by atoms with Crippen LogP contribution in [0.2, 0.25) is 0 Å². The Labute approximate surface area is 117 Å². The van der Waals surface area contributed by atoms with Crippen molar-refractivity contribution < 1.29 is 9.90 Å². The number of carboxylic acids is 1. The molecule has 0 aliphatic heterocycles. The van der Waals surface area contributed by atoms with Gasteiger partial charge in [0, 0.05) is 25.5 Å². The van der Waals surface area contributed by atoms with E-state index in [1.54, 1.807) is 19.3 Å². The largest absolute Gasteiger partial charge is 0.480 e. The summed E-state index contributed by atoms with van der Waals surface area (Å²) in [4.78, 5) is 21.6. The van der Waals surface area contributed by atoms with Gasteiger partial charge in [0.1, 0.15) is 6.04 Å². The molecule has 0 radical (unpaired) electrons. The van der Waals surface area contributed by atoms with Crippen LogP contribution in [0.5, 0.6) is 0 Å². The van der Waals surface area contributed by atoms with E-state index in [2.05, 4.69) is 9.97 Å². The van der Waals surface area contributed by atoms with E-state index in [0.29, 0.717) is 13.1 Å². The zero-order chi connectivity index (χ0) is 14.4. The Morgan fingerprint density at radius 1 is 1.10 bits per heavy atom. The molecule has 0 amide bonds. The van der Waals surface area contributed by atoms with Gasteiger partial charge in [0.2, 0.25) is 0 Å². The van der Waals surface area contributed by atoms with Crippen molar-refractivity contribution in [2.45, 2.75) is 26.1 Å². The summed E-state index contributed by atoms with van der Waals surface area (Å²) in [6.45, 7) is 2.63. The fraction of sp³-hybridized carbons (Fsp3) is 0.267. The second-order valence-corrected chi connectivity index (χ2v) is 4.56.